The van der Waals surface area contributed by atoms with Crippen molar-refractivity contribution < 1.29 is 19.4 Å². The fraction of sp³-hybridized carbons (Fsp3) is 0.462. The Balaban J connectivity index is 2.32. The van der Waals surface area contributed by atoms with Crippen molar-refractivity contribution in [3.05, 3.63) is 36.0 Å². The highest BCUT2D eigenvalue weighted by atomic mass is 16.6. The number of aliphatic hydroxyl groups is 1. The van der Waals surface area contributed by atoms with Gasteiger partial charge >= 0.3 is 5.97 Å². The predicted molar refractivity (Wildman–Crippen MR) is 62.3 cm³/mol. The molecule has 0 radical (unpaired) electrons. The third kappa shape index (κ3) is 2.18. The van der Waals surface area contributed by atoms with Crippen molar-refractivity contribution in [1.82, 2.24) is 0 Å². The highest BCUT2D eigenvalue weighted by Gasteiger charge is 2.43. The van der Waals surface area contributed by atoms with Crippen molar-refractivity contribution in [2.45, 2.75) is 38.3 Å². The maximum atomic E-state index is 11.3. The maximum Gasteiger partial charge on any atom is 0.339 e. The summed E-state index contributed by atoms with van der Waals surface area (Å²) >= 11 is 0. The second-order valence-electron chi connectivity index (χ2n) is 4.04. The first-order valence-electron chi connectivity index (χ1n) is 5.68. The van der Waals surface area contributed by atoms with Gasteiger partial charge in [-0.3, -0.25) is 0 Å². The van der Waals surface area contributed by atoms with E-state index in [4.69, 9.17) is 9.47 Å². The van der Waals surface area contributed by atoms with Gasteiger partial charge in [-0.2, -0.15) is 0 Å². The van der Waals surface area contributed by atoms with Gasteiger partial charge in [-0.1, -0.05) is 24.3 Å². The number of rotatable bonds is 2. The lowest BCUT2D eigenvalue weighted by atomic mass is 9.98. The quantitative estimate of drug-likeness (QED) is 0.576. The molecule has 4 atom stereocenters. The number of carbonyl (C=O) groups excluding carboxylic acids is 1. The van der Waals surface area contributed by atoms with Crippen LogP contribution in [0.5, 0.6) is 0 Å². The Morgan fingerprint density at radius 1 is 1.29 bits per heavy atom. The standard InChI is InChI=1S/C13H16O4/c1-3-5-10-8-7-9(14)13(15)17-12(8)11(16-10)6-4-2/h3-7,9-12,14H,1-2H3/b5-3+,6-4+/t9-,10-,11+,12-/m1/s1. The minimum absolute atomic E-state index is 0.228. The van der Waals surface area contributed by atoms with Gasteiger partial charge in [-0.05, 0) is 19.9 Å². The van der Waals surface area contributed by atoms with Crippen molar-refractivity contribution >= 4 is 5.97 Å². The van der Waals surface area contributed by atoms with Gasteiger partial charge in [0.2, 0.25) is 0 Å². The highest BCUT2D eigenvalue weighted by molar-refractivity contribution is 5.79. The van der Waals surface area contributed by atoms with E-state index < -0.39 is 18.2 Å². The molecule has 0 amide bonds. The third-order valence-corrected chi connectivity index (χ3v) is 2.84. The molecular formula is C13H16O4. The molecule has 2 rings (SSSR count). The first-order chi connectivity index (χ1) is 8.17. The molecule has 2 aliphatic rings. The van der Waals surface area contributed by atoms with E-state index in [1.165, 1.54) is 6.08 Å². The van der Waals surface area contributed by atoms with Crippen LogP contribution in [0.3, 0.4) is 0 Å². The lowest BCUT2D eigenvalue weighted by Crippen LogP contribution is -2.36. The van der Waals surface area contributed by atoms with E-state index in [9.17, 15) is 9.90 Å². The Labute approximate surface area is 100 Å². The maximum absolute atomic E-state index is 11.3. The smallest absolute Gasteiger partial charge is 0.339 e. The minimum atomic E-state index is -1.18. The predicted octanol–water partition coefficient (Wildman–Crippen LogP) is 1.12. The summed E-state index contributed by atoms with van der Waals surface area (Å²) < 4.78 is 11.0. The summed E-state index contributed by atoms with van der Waals surface area (Å²) in [6.45, 7) is 3.78. The van der Waals surface area contributed by atoms with Crippen LogP contribution >= 0.6 is 0 Å². The second kappa shape index (κ2) is 4.85. The van der Waals surface area contributed by atoms with Gasteiger partial charge in [0.15, 0.2) is 12.2 Å². The van der Waals surface area contributed by atoms with Crippen molar-refractivity contribution in [3.8, 4) is 0 Å². The Morgan fingerprint density at radius 2 is 2.00 bits per heavy atom. The number of aliphatic hydroxyl groups excluding tert-OH is 1. The third-order valence-electron chi connectivity index (χ3n) is 2.84. The molecule has 0 spiro atoms. The molecule has 0 aliphatic carbocycles. The molecule has 1 fully saturated rings. The summed E-state index contributed by atoms with van der Waals surface area (Å²) in [6.07, 6.45) is 6.91. The Bertz CT molecular complexity index is 394. The zero-order valence-electron chi connectivity index (χ0n) is 9.87. The number of hydrogen-bond donors (Lipinski definition) is 1. The molecule has 0 bridgehead atoms. The lowest BCUT2D eigenvalue weighted by molar-refractivity contribution is -0.158. The van der Waals surface area contributed by atoms with Crippen molar-refractivity contribution in [3.63, 3.8) is 0 Å². The van der Waals surface area contributed by atoms with E-state index in [2.05, 4.69) is 0 Å². The Morgan fingerprint density at radius 3 is 2.65 bits per heavy atom. The molecule has 1 N–H and O–H groups in total. The monoisotopic (exact) mass is 236 g/mol. The molecule has 1 saturated heterocycles. The highest BCUT2D eigenvalue weighted by Crippen LogP contribution is 2.33. The molecule has 2 heterocycles. The SMILES string of the molecule is C/C=C/[C@@H]1O[C@H](/C=C/C)C2=C[C@@H](O)C(=O)O[C@H]21. The Kier molecular flexibility index (Phi) is 3.45. The van der Waals surface area contributed by atoms with E-state index in [-0.39, 0.29) is 12.2 Å². The lowest BCUT2D eigenvalue weighted by Gasteiger charge is -2.23. The van der Waals surface area contributed by atoms with Crippen LogP contribution in [0.4, 0.5) is 0 Å². The fourth-order valence-corrected chi connectivity index (χ4v) is 2.11. The van der Waals surface area contributed by atoms with Gasteiger partial charge in [0.1, 0.15) is 12.2 Å². The van der Waals surface area contributed by atoms with Gasteiger partial charge in [-0.25, -0.2) is 4.79 Å². The van der Waals surface area contributed by atoms with Gasteiger partial charge in [0.05, 0.1) is 0 Å². The molecule has 0 unspecified atom stereocenters. The summed E-state index contributed by atoms with van der Waals surface area (Å²) in [7, 11) is 0. The minimum Gasteiger partial charge on any atom is -0.452 e. The summed E-state index contributed by atoms with van der Waals surface area (Å²) in [6, 6.07) is 0. The van der Waals surface area contributed by atoms with Crippen LogP contribution in [0.1, 0.15) is 13.8 Å². The van der Waals surface area contributed by atoms with E-state index in [0.29, 0.717) is 0 Å². The van der Waals surface area contributed by atoms with E-state index in [1.54, 1.807) is 0 Å². The molecule has 2 aliphatic heterocycles. The van der Waals surface area contributed by atoms with Gasteiger partial charge in [-0.15, -0.1) is 0 Å². The molecule has 4 nitrogen and oxygen atoms in total. The van der Waals surface area contributed by atoms with E-state index >= 15 is 0 Å². The van der Waals surface area contributed by atoms with Crippen LogP contribution in [0, 0.1) is 0 Å². The molecule has 0 saturated carbocycles. The van der Waals surface area contributed by atoms with Crippen LogP contribution in [0.15, 0.2) is 36.0 Å². The number of esters is 1. The normalized spacial score (nSPS) is 37.4. The summed E-state index contributed by atoms with van der Waals surface area (Å²) in [5.41, 5.74) is 0.818. The van der Waals surface area contributed by atoms with E-state index in [1.807, 2.05) is 38.2 Å². The first-order valence-corrected chi connectivity index (χ1v) is 5.68. The van der Waals surface area contributed by atoms with Crippen LogP contribution in [0.25, 0.3) is 0 Å². The van der Waals surface area contributed by atoms with Crippen LogP contribution in [-0.4, -0.2) is 35.5 Å². The summed E-state index contributed by atoms with van der Waals surface area (Å²) in [4.78, 5) is 11.3. The average molecular weight is 236 g/mol. The first kappa shape index (κ1) is 12.1. The van der Waals surface area contributed by atoms with Gasteiger partial charge in [0.25, 0.3) is 0 Å². The summed E-state index contributed by atoms with van der Waals surface area (Å²) in [5, 5.41) is 9.48. The molecule has 4 heteroatoms. The van der Waals surface area contributed by atoms with Crippen molar-refractivity contribution in [2.75, 3.05) is 0 Å². The molecule has 0 aromatic heterocycles. The molecule has 92 valence electrons. The van der Waals surface area contributed by atoms with Gasteiger partial charge in [0, 0.05) is 5.57 Å². The van der Waals surface area contributed by atoms with Gasteiger partial charge < -0.3 is 14.6 Å². The van der Waals surface area contributed by atoms with E-state index in [0.717, 1.165) is 5.57 Å². The average Bonchev–Trinajstić information content (AvgIpc) is 2.60. The molecule has 0 aromatic rings. The van der Waals surface area contributed by atoms with Crippen LogP contribution in [0.2, 0.25) is 0 Å². The topological polar surface area (TPSA) is 55.8 Å². The number of carbonyl (C=O) groups is 1. The number of hydrogen-bond acceptors (Lipinski definition) is 4. The van der Waals surface area contributed by atoms with Crippen LogP contribution < -0.4 is 0 Å². The Hall–Kier alpha value is -1.39. The second-order valence-corrected chi connectivity index (χ2v) is 4.04. The van der Waals surface area contributed by atoms with Crippen molar-refractivity contribution in [2.24, 2.45) is 0 Å². The fourth-order valence-electron chi connectivity index (χ4n) is 2.11. The van der Waals surface area contributed by atoms with Crippen LogP contribution in [-0.2, 0) is 14.3 Å². The number of ether oxygens (including phenoxy) is 2. The zero-order chi connectivity index (χ0) is 12.4. The zero-order valence-corrected chi connectivity index (χ0v) is 9.87. The summed E-state index contributed by atoms with van der Waals surface area (Å²) in [5.74, 6) is -0.613. The number of fused-ring (bicyclic) bond motifs is 1. The number of allylic oxidation sites excluding steroid dienone is 2. The van der Waals surface area contributed by atoms with Crippen molar-refractivity contribution in [1.29, 1.82) is 0 Å². The molecule has 0 aromatic carbocycles. The molecule has 17 heavy (non-hydrogen) atoms. The largest absolute Gasteiger partial charge is 0.452 e. The molecular weight excluding hydrogens is 220 g/mol.